The Balaban J connectivity index is 1.78. The van der Waals surface area contributed by atoms with Crippen LogP contribution in [0.5, 0.6) is 5.75 Å². The average molecular weight is 299 g/mol. The van der Waals surface area contributed by atoms with Gasteiger partial charge in [0.1, 0.15) is 12.4 Å². The number of anilines is 1. The molecule has 1 heterocycles. The van der Waals surface area contributed by atoms with Crippen LogP contribution in [-0.4, -0.2) is 17.7 Å². The highest BCUT2D eigenvalue weighted by atomic mass is 32.1. The highest BCUT2D eigenvalue weighted by Gasteiger charge is 2.29. The molecular formula is C17H17NO2S. The van der Waals surface area contributed by atoms with E-state index in [2.05, 4.69) is 12.6 Å². The summed E-state index contributed by atoms with van der Waals surface area (Å²) in [6, 6.07) is 17.6. The van der Waals surface area contributed by atoms with Crippen LogP contribution in [0.3, 0.4) is 0 Å². The van der Waals surface area contributed by atoms with Crippen molar-refractivity contribution in [3.63, 3.8) is 0 Å². The van der Waals surface area contributed by atoms with Gasteiger partial charge in [-0.15, -0.1) is 0 Å². The Morgan fingerprint density at radius 1 is 1.10 bits per heavy atom. The lowest BCUT2D eigenvalue weighted by molar-refractivity contribution is -0.117. The number of carbonyl (C=O) groups excluding carboxylic acids is 1. The molecule has 1 aliphatic rings. The first kappa shape index (κ1) is 14.0. The quantitative estimate of drug-likeness (QED) is 0.878. The van der Waals surface area contributed by atoms with Gasteiger partial charge in [-0.3, -0.25) is 4.79 Å². The van der Waals surface area contributed by atoms with Crippen molar-refractivity contribution >= 4 is 24.2 Å². The smallest absolute Gasteiger partial charge is 0.228 e. The van der Waals surface area contributed by atoms with Crippen molar-refractivity contribution in [2.75, 3.05) is 11.4 Å². The first-order valence-corrected chi connectivity index (χ1v) is 7.50. The Kier molecular flexibility index (Phi) is 4.15. The molecule has 0 aliphatic carbocycles. The zero-order chi connectivity index (χ0) is 14.7. The van der Waals surface area contributed by atoms with E-state index in [9.17, 15) is 4.79 Å². The summed E-state index contributed by atoms with van der Waals surface area (Å²) in [5.74, 6) is 0.953. The van der Waals surface area contributed by atoms with E-state index >= 15 is 0 Å². The summed E-state index contributed by atoms with van der Waals surface area (Å²) in [6.07, 6.45) is 0.497. The molecule has 108 valence electrons. The van der Waals surface area contributed by atoms with Crippen LogP contribution in [0.2, 0.25) is 0 Å². The maximum atomic E-state index is 12.0. The number of nitrogens with zero attached hydrogens (tertiary/aromatic N) is 1. The van der Waals surface area contributed by atoms with Crippen molar-refractivity contribution in [2.24, 2.45) is 0 Å². The molecule has 1 saturated heterocycles. The summed E-state index contributed by atoms with van der Waals surface area (Å²) in [6.45, 7) is 1.10. The minimum absolute atomic E-state index is 0.112. The summed E-state index contributed by atoms with van der Waals surface area (Å²) < 4.78 is 5.80. The summed E-state index contributed by atoms with van der Waals surface area (Å²) in [5.41, 5.74) is 1.94. The molecule has 1 aliphatic heterocycles. The minimum atomic E-state index is 0.112. The lowest BCUT2D eigenvalue weighted by Gasteiger charge is -2.20. The number of carbonyl (C=O) groups is 1. The normalized spacial score (nSPS) is 18.0. The Morgan fingerprint density at radius 2 is 1.81 bits per heavy atom. The van der Waals surface area contributed by atoms with Gasteiger partial charge in [-0.2, -0.15) is 12.6 Å². The lowest BCUT2D eigenvalue weighted by Crippen LogP contribution is -2.26. The monoisotopic (exact) mass is 299 g/mol. The Bertz CT molecular complexity index is 630. The molecule has 21 heavy (non-hydrogen) atoms. The van der Waals surface area contributed by atoms with Crippen molar-refractivity contribution in [1.82, 2.24) is 0 Å². The first-order valence-electron chi connectivity index (χ1n) is 6.98. The van der Waals surface area contributed by atoms with Gasteiger partial charge in [0, 0.05) is 23.8 Å². The number of para-hydroxylation sites is 2. The van der Waals surface area contributed by atoms with Crippen molar-refractivity contribution in [3.05, 3.63) is 60.2 Å². The summed E-state index contributed by atoms with van der Waals surface area (Å²) in [7, 11) is 0. The third-order valence-corrected chi connectivity index (χ3v) is 3.87. The maximum Gasteiger partial charge on any atom is 0.228 e. The fraction of sp³-hybridized carbons (Fsp3) is 0.235. The second-order valence-electron chi connectivity index (χ2n) is 5.09. The first-order chi connectivity index (χ1) is 10.2. The van der Waals surface area contributed by atoms with E-state index in [0.29, 0.717) is 19.6 Å². The summed E-state index contributed by atoms with van der Waals surface area (Å²) in [5, 5.41) is 0.112. The Labute approximate surface area is 129 Å². The summed E-state index contributed by atoms with van der Waals surface area (Å²) >= 11 is 4.41. The molecule has 0 bridgehead atoms. The van der Waals surface area contributed by atoms with Gasteiger partial charge in [0.05, 0.1) is 5.69 Å². The number of hydrogen-bond acceptors (Lipinski definition) is 3. The lowest BCUT2D eigenvalue weighted by atomic mass is 10.1. The second-order valence-corrected chi connectivity index (χ2v) is 5.82. The molecule has 0 saturated carbocycles. The number of amides is 1. The van der Waals surface area contributed by atoms with Gasteiger partial charge < -0.3 is 9.64 Å². The molecule has 2 aromatic carbocycles. The molecule has 1 amide bonds. The van der Waals surface area contributed by atoms with Crippen LogP contribution >= 0.6 is 12.6 Å². The van der Waals surface area contributed by atoms with Crippen LogP contribution in [0.4, 0.5) is 5.69 Å². The Morgan fingerprint density at radius 3 is 2.52 bits per heavy atom. The molecule has 0 radical (unpaired) electrons. The van der Waals surface area contributed by atoms with E-state index in [1.54, 1.807) is 4.90 Å². The highest BCUT2D eigenvalue weighted by molar-refractivity contribution is 7.81. The zero-order valence-corrected chi connectivity index (χ0v) is 12.5. The van der Waals surface area contributed by atoms with Crippen molar-refractivity contribution in [3.8, 4) is 5.75 Å². The van der Waals surface area contributed by atoms with E-state index < -0.39 is 0 Å². The van der Waals surface area contributed by atoms with Gasteiger partial charge in [-0.05, 0) is 18.2 Å². The molecule has 0 spiro atoms. The van der Waals surface area contributed by atoms with Gasteiger partial charge in [-0.25, -0.2) is 0 Å². The van der Waals surface area contributed by atoms with Crippen LogP contribution in [-0.2, 0) is 11.4 Å². The van der Waals surface area contributed by atoms with Crippen molar-refractivity contribution in [1.29, 1.82) is 0 Å². The van der Waals surface area contributed by atoms with Crippen molar-refractivity contribution in [2.45, 2.75) is 18.3 Å². The third-order valence-electron chi connectivity index (χ3n) is 3.52. The van der Waals surface area contributed by atoms with Crippen LogP contribution in [0.1, 0.15) is 12.0 Å². The van der Waals surface area contributed by atoms with E-state index in [1.807, 2.05) is 54.6 Å². The van der Waals surface area contributed by atoms with Crippen LogP contribution < -0.4 is 9.64 Å². The molecule has 1 unspecified atom stereocenters. The average Bonchev–Trinajstić information content (AvgIpc) is 2.85. The number of hydrogen-bond donors (Lipinski definition) is 1. The fourth-order valence-electron chi connectivity index (χ4n) is 2.50. The molecule has 3 nitrogen and oxygen atoms in total. The summed E-state index contributed by atoms with van der Waals surface area (Å²) in [4.78, 5) is 13.9. The standard InChI is InChI=1S/C17H17NO2S/c19-17-10-15(21)11-18(17)16-9-5-4-6-13(16)12-20-14-7-2-1-3-8-14/h1-9,15,21H,10-12H2. The van der Waals surface area contributed by atoms with Gasteiger partial charge in [0.2, 0.25) is 5.91 Å². The predicted octanol–water partition coefficient (Wildman–Crippen LogP) is 3.30. The van der Waals surface area contributed by atoms with E-state index in [-0.39, 0.29) is 11.2 Å². The molecule has 1 fully saturated rings. The number of benzene rings is 2. The molecule has 3 rings (SSSR count). The Hall–Kier alpha value is -1.94. The van der Waals surface area contributed by atoms with Crippen LogP contribution in [0, 0.1) is 0 Å². The molecule has 4 heteroatoms. The molecular weight excluding hydrogens is 282 g/mol. The molecule has 1 atom stereocenters. The van der Waals surface area contributed by atoms with E-state index in [4.69, 9.17) is 4.74 Å². The minimum Gasteiger partial charge on any atom is -0.489 e. The fourth-order valence-corrected chi connectivity index (χ4v) is 2.82. The van der Waals surface area contributed by atoms with Gasteiger partial charge in [0.25, 0.3) is 0 Å². The van der Waals surface area contributed by atoms with Gasteiger partial charge in [-0.1, -0.05) is 36.4 Å². The molecule has 0 N–H and O–H groups in total. The van der Waals surface area contributed by atoms with E-state index in [1.165, 1.54) is 0 Å². The van der Waals surface area contributed by atoms with Crippen LogP contribution in [0.15, 0.2) is 54.6 Å². The number of ether oxygens (including phenoxy) is 1. The molecule has 0 aromatic heterocycles. The topological polar surface area (TPSA) is 29.5 Å². The predicted molar refractivity (Wildman–Crippen MR) is 87.0 cm³/mol. The zero-order valence-electron chi connectivity index (χ0n) is 11.6. The maximum absolute atomic E-state index is 12.0. The third kappa shape index (κ3) is 3.22. The number of thiol groups is 1. The van der Waals surface area contributed by atoms with Gasteiger partial charge >= 0.3 is 0 Å². The van der Waals surface area contributed by atoms with E-state index in [0.717, 1.165) is 17.0 Å². The highest BCUT2D eigenvalue weighted by Crippen LogP contribution is 2.28. The van der Waals surface area contributed by atoms with Crippen LogP contribution in [0.25, 0.3) is 0 Å². The molecule has 2 aromatic rings. The largest absolute Gasteiger partial charge is 0.489 e. The van der Waals surface area contributed by atoms with Crippen molar-refractivity contribution < 1.29 is 9.53 Å². The van der Waals surface area contributed by atoms with Gasteiger partial charge in [0.15, 0.2) is 0 Å². The SMILES string of the molecule is O=C1CC(S)CN1c1ccccc1COc1ccccc1. The second kappa shape index (κ2) is 6.22. The number of rotatable bonds is 4.